The van der Waals surface area contributed by atoms with Crippen LogP contribution in [0.5, 0.6) is 0 Å². The summed E-state index contributed by atoms with van der Waals surface area (Å²) in [4.78, 5) is 2.27. The summed E-state index contributed by atoms with van der Waals surface area (Å²) in [6, 6.07) is 0. The summed E-state index contributed by atoms with van der Waals surface area (Å²) < 4.78 is 13.2. The zero-order valence-electron chi connectivity index (χ0n) is 32.5. The molecular formula is C43H87NO2. The van der Waals surface area contributed by atoms with Gasteiger partial charge in [-0.1, -0.05) is 206 Å². The molecule has 0 atom stereocenters. The summed E-state index contributed by atoms with van der Waals surface area (Å²) >= 11 is 0. The van der Waals surface area contributed by atoms with E-state index < -0.39 is 0 Å². The standard InChI is InChI=1S/C43H87NO2/c1-5-7-9-11-13-15-17-19-21-23-25-27-29-31-33-35-37-43(45-40-42(41-46-43)39-44(3)4)38-36-34-32-30-28-26-24-22-20-18-16-14-12-10-8-6-2/h42H,5-41H2,1-4H3. The molecule has 3 nitrogen and oxygen atoms in total. The second-order valence-corrected chi connectivity index (χ2v) is 15.8. The van der Waals surface area contributed by atoms with Gasteiger partial charge in [-0.15, -0.1) is 0 Å². The minimum atomic E-state index is -0.297. The van der Waals surface area contributed by atoms with Gasteiger partial charge in [0.2, 0.25) is 0 Å². The molecule has 1 rings (SSSR count). The molecule has 1 saturated heterocycles. The smallest absolute Gasteiger partial charge is 0.168 e. The Bertz CT molecular complexity index is 547. The summed E-state index contributed by atoms with van der Waals surface area (Å²) in [5.41, 5.74) is 0. The predicted octanol–water partition coefficient (Wildman–Crippen LogP) is 14.2. The van der Waals surface area contributed by atoms with Crippen LogP contribution in [0.25, 0.3) is 0 Å². The van der Waals surface area contributed by atoms with E-state index >= 15 is 0 Å². The molecule has 1 aliphatic heterocycles. The van der Waals surface area contributed by atoms with Crippen molar-refractivity contribution in [3.8, 4) is 0 Å². The molecule has 0 saturated carbocycles. The van der Waals surface area contributed by atoms with Gasteiger partial charge in [0.05, 0.1) is 13.2 Å². The van der Waals surface area contributed by atoms with Gasteiger partial charge in [0.15, 0.2) is 5.79 Å². The second kappa shape index (κ2) is 33.4. The maximum Gasteiger partial charge on any atom is 0.168 e. The van der Waals surface area contributed by atoms with E-state index in [4.69, 9.17) is 9.47 Å². The van der Waals surface area contributed by atoms with Gasteiger partial charge in [-0.3, -0.25) is 0 Å². The molecule has 1 aliphatic rings. The molecule has 0 aliphatic carbocycles. The highest BCUT2D eigenvalue weighted by Crippen LogP contribution is 2.33. The molecule has 3 heteroatoms. The minimum Gasteiger partial charge on any atom is -0.350 e. The fourth-order valence-electron chi connectivity index (χ4n) is 7.55. The van der Waals surface area contributed by atoms with Gasteiger partial charge < -0.3 is 14.4 Å². The normalized spacial score (nSPS) is 15.3. The third kappa shape index (κ3) is 27.8. The van der Waals surface area contributed by atoms with Crippen molar-refractivity contribution in [3.63, 3.8) is 0 Å². The Hall–Kier alpha value is -0.120. The lowest BCUT2D eigenvalue weighted by Crippen LogP contribution is -2.46. The molecule has 46 heavy (non-hydrogen) atoms. The molecule has 0 spiro atoms. The van der Waals surface area contributed by atoms with Gasteiger partial charge in [-0.2, -0.15) is 0 Å². The number of hydrogen-bond donors (Lipinski definition) is 0. The Morgan fingerprint density at radius 2 is 0.630 bits per heavy atom. The van der Waals surface area contributed by atoms with E-state index in [-0.39, 0.29) is 5.79 Å². The summed E-state index contributed by atoms with van der Waals surface area (Å²) in [5.74, 6) is 0.217. The van der Waals surface area contributed by atoms with Crippen LogP contribution in [-0.2, 0) is 9.47 Å². The van der Waals surface area contributed by atoms with Crippen molar-refractivity contribution < 1.29 is 9.47 Å². The minimum absolute atomic E-state index is 0.297. The molecular weight excluding hydrogens is 562 g/mol. The zero-order chi connectivity index (χ0) is 33.2. The van der Waals surface area contributed by atoms with Crippen molar-refractivity contribution in [2.75, 3.05) is 33.9 Å². The van der Waals surface area contributed by atoms with Crippen LogP contribution in [0.15, 0.2) is 0 Å². The van der Waals surface area contributed by atoms with E-state index in [1.165, 1.54) is 205 Å². The number of ether oxygens (including phenoxy) is 2. The third-order valence-electron chi connectivity index (χ3n) is 10.6. The van der Waals surface area contributed by atoms with Crippen LogP contribution >= 0.6 is 0 Å². The highest BCUT2D eigenvalue weighted by Gasteiger charge is 2.36. The molecule has 1 heterocycles. The molecule has 0 N–H and O–H groups in total. The number of unbranched alkanes of at least 4 members (excludes halogenated alkanes) is 30. The average Bonchev–Trinajstić information content (AvgIpc) is 3.05. The lowest BCUT2D eigenvalue weighted by Gasteiger charge is -2.41. The van der Waals surface area contributed by atoms with Crippen LogP contribution in [0.2, 0.25) is 0 Å². The third-order valence-corrected chi connectivity index (χ3v) is 10.6. The Labute approximate surface area is 291 Å². The Morgan fingerprint density at radius 3 is 0.870 bits per heavy atom. The maximum atomic E-state index is 6.58. The first-order valence-electron chi connectivity index (χ1n) is 21.5. The van der Waals surface area contributed by atoms with Crippen LogP contribution < -0.4 is 0 Å². The van der Waals surface area contributed by atoms with Crippen molar-refractivity contribution >= 4 is 0 Å². The highest BCUT2D eigenvalue weighted by molar-refractivity contribution is 4.78. The van der Waals surface area contributed by atoms with E-state index in [0.717, 1.165) is 32.6 Å². The van der Waals surface area contributed by atoms with Gasteiger partial charge in [0, 0.05) is 25.3 Å². The average molecular weight is 650 g/mol. The highest BCUT2D eigenvalue weighted by atomic mass is 16.7. The van der Waals surface area contributed by atoms with Crippen LogP contribution in [0.1, 0.15) is 232 Å². The van der Waals surface area contributed by atoms with Crippen molar-refractivity contribution in [3.05, 3.63) is 0 Å². The van der Waals surface area contributed by atoms with Crippen LogP contribution in [0, 0.1) is 5.92 Å². The second-order valence-electron chi connectivity index (χ2n) is 15.8. The largest absolute Gasteiger partial charge is 0.350 e. The molecule has 1 fully saturated rings. The SMILES string of the molecule is CCCCCCCCCCCCCCCCCCC1(CCCCCCCCCCCCCCCCCC)OCC(CN(C)C)CO1. The van der Waals surface area contributed by atoms with E-state index in [1.54, 1.807) is 0 Å². The van der Waals surface area contributed by atoms with Gasteiger partial charge in [0.25, 0.3) is 0 Å². The Kier molecular flexibility index (Phi) is 31.9. The van der Waals surface area contributed by atoms with E-state index in [1.807, 2.05) is 0 Å². The lowest BCUT2D eigenvalue weighted by atomic mass is 9.96. The number of rotatable bonds is 36. The Balaban J connectivity index is 2.07. The summed E-state index contributed by atoms with van der Waals surface area (Å²) in [6.45, 7) is 7.42. The topological polar surface area (TPSA) is 21.7 Å². The molecule has 0 aromatic rings. The van der Waals surface area contributed by atoms with Gasteiger partial charge in [0.1, 0.15) is 0 Å². The van der Waals surface area contributed by atoms with Crippen LogP contribution in [0.3, 0.4) is 0 Å². The van der Waals surface area contributed by atoms with Gasteiger partial charge in [-0.25, -0.2) is 0 Å². The predicted molar refractivity (Wildman–Crippen MR) is 205 cm³/mol. The summed E-state index contributed by atoms with van der Waals surface area (Å²) in [5, 5.41) is 0. The van der Waals surface area contributed by atoms with E-state index in [9.17, 15) is 0 Å². The fraction of sp³-hybridized carbons (Fsp3) is 1.00. The number of nitrogens with zero attached hydrogens (tertiary/aromatic N) is 1. The number of hydrogen-bond acceptors (Lipinski definition) is 3. The van der Waals surface area contributed by atoms with Crippen molar-refractivity contribution in [2.45, 2.75) is 238 Å². The fourth-order valence-corrected chi connectivity index (χ4v) is 7.55. The lowest BCUT2D eigenvalue weighted by molar-refractivity contribution is -0.290. The molecule has 0 aromatic heterocycles. The molecule has 0 aromatic carbocycles. The molecule has 276 valence electrons. The van der Waals surface area contributed by atoms with E-state index in [2.05, 4.69) is 32.8 Å². The first-order chi connectivity index (χ1) is 22.6. The molecule has 0 unspecified atom stereocenters. The Morgan fingerprint density at radius 1 is 0.391 bits per heavy atom. The van der Waals surface area contributed by atoms with Gasteiger partial charge in [-0.05, 0) is 26.9 Å². The first kappa shape index (κ1) is 43.9. The quantitative estimate of drug-likeness (QED) is 0.0630. The first-order valence-corrected chi connectivity index (χ1v) is 21.5. The monoisotopic (exact) mass is 650 g/mol. The van der Waals surface area contributed by atoms with E-state index in [0.29, 0.717) is 5.92 Å². The molecule has 0 amide bonds. The van der Waals surface area contributed by atoms with Crippen LogP contribution in [-0.4, -0.2) is 44.5 Å². The van der Waals surface area contributed by atoms with Crippen LogP contribution in [0.4, 0.5) is 0 Å². The van der Waals surface area contributed by atoms with Gasteiger partial charge >= 0.3 is 0 Å². The van der Waals surface area contributed by atoms with Crippen molar-refractivity contribution in [1.29, 1.82) is 0 Å². The van der Waals surface area contributed by atoms with Crippen molar-refractivity contribution in [2.24, 2.45) is 5.92 Å². The molecule has 0 bridgehead atoms. The maximum absolute atomic E-state index is 6.58. The summed E-state index contributed by atoms with van der Waals surface area (Å²) in [6.07, 6.45) is 47.7. The summed E-state index contributed by atoms with van der Waals surface area (Å²) in [7, 11) is 4.32. The van der Waals surface area contributed by atoms with Crippen molar-refractivity contribution in [1.82, 2.24) is 4.90 Å². The zero-order valence-corrected chi connectivity index (χ0v) is 32.5. The molecule has 0 radical (unpaired) electrons.